The van der Waals surface area contributed by atoms with Crippen molar-refractivity contribution in [2.75, 3.05) is 17.7 Å². The van der Waals surface area contributed by atoms with Gasteiger partial charge in [-0.15, -0.1) is 10.2 Å². The van der Waals surface area contributed by atoms with Gasteiger partial charge in [0.05, 0.1) is 24.0 Å². The molecule has 31 heavy (non-hydrogen) atoms. The molecule has 0 unspecified atom stereocenters. The van der Waals surface area contributed by atoms with Crippen molar-refractivity contribution in [1.29, 1.82) is 5.26 Å². The highest BCUT2D eigenvalue weighted by molar-refractivity contribution is 7.99. The summed E-state index contributed by atoms with van der Waals surface area (Å²) in [6, 6.07) is 12.0. The number of amides is 1. The molecular formula is C22H24N6O2S. The lowest BCUT2D eigenvalue weighted by atomic mass is 10.2. The van der Waals surface area contributed by atoms with Gasteiger partial charge in [-0.25, -0.2) is 0 Å². The first-order chi connectivity index (χ1) is 15.1. The zero-order valence-corrected chi connectivity index (χ0v) is 18.4. The van der Waals surface area contributed by atoms with Crippen LogP contribution in [0.3, 0.4) is 0 Å². The van der Waals surface area contributed by atoms with Crippen molar-refractivity contribution in [2.24, 2.45) is 0 Å². The lowest BCUT2D eigenvalue weighted by Gasteiger charge is -2.16. The van der Waals surface area contributed by atoms with E-state index in [9.17, 15) is 10.1 Å². The molecule has 0 bridgehead atoms. The quantitative estimate of drug-likeness (QED) is 0.570. The van der Waals surface area contributed by atoms with Gasteiger partial charge >= 0.3 is 0 Å². The number of carbonyl (C=O) groups excluding carboxylic acids is 1. The Balaban J connectivity index is 1.49. The molecule has 0 radical (unpaired) electrons. The van der Waals surface area contributed by atoms with Crippen molar-refractivity contribution in [3.8, 4) is 11.8 Å². The SMILES string of the molecule is Cc1c(C#N)c(NC(=O)CSc2nncn2-c2ccccc2)n(C[C@@H]2CCCO2)c1C. The van der Waals surface area contributed by atoms with Crippen LogP contribution in [0.25, 0.3) is 5.69 Å². The molecule has 160 valence electrons. The van der Waals surface area contributed by atoms with Crippen molar-refractivity contribution in [3.63, 3.8) is 0 Å². The predicted octanol–water partition coefficient (Wildman–Crippen LogP) is 3.47. The fourth-order valence-corrected chi connectivity index (χ4v) is 4.47. The average molecular weight is 437 g/mol. The van der Waals surface area contributed by atoms with Crippen molar-refractivity contribution in [2.45, 2.75) is 44.5 Å². The molecule has 3 heterocycles. The normalized spacial score (nSPS) is 15.7. The number of rotatable bonds is 7. The maximum Gasteiger partial charge on any atom is 0.235 e. The molecule has 0 aliphatic carbocycles. The molecule has 1 atom stereocenters. The molecule has 1 fully saturated rings. The molecule has 0 spiro atoms. The Kier molecular flexibility index (Phi) is 6.39. The minimum absolute atomic E-state index is 0.103. The van der Waals surface area contributed by atoms with Gasteiger partial charge in [-0.3, -0.25) is 9.36 Å². The van der Waals surface area contributed by atoms with Gasteiger partial charge in [0.1, 0.15) is 18.2 Å². The third-order valence-electron chi connectivity index (χ3n) is 5.49. The largest absolute Gasteiger partial charge is 0.376 e. The average Bonchev–Trinajstić information content (AvgIpc) is 3.51. The third kappa shape index (κ3) is 4.50. The van der Waals surface area contributed by atoms with E-state index in [1.54, 1.807) is 6.33 Å². The number of nitrogens with zero attached hydrogens (tertiary/aromatic N) is 5. The molecule has 9 heteroatoms. The first-order valence-corrected chi connectivity index (χ1v) is 11.2. The maximum atomic E-state index is 12.8. The molecule has 8 nitrogen and oxygen atoms in total. The zero-order valence-electron chi connectivity index (χ0n) is 17.5. The molecule has 1 amide bonds. The van der Waals surface area contributed by atoms with Crippen molar-refractivity contribution >= 4 is 23.5 Å². The summed E-state index contributed by atoms with van der Waals surface area (Å²) in [7, 11) is 0. The molecule has 0 saturated carbocycles. The predicted molar refractivity (Wildman–Crippen MR) is 118 cm³/mol. The van der Waals surface area contributed by atoms with E-state index in [0.29, 0.717) is 23.1 Å². The molecule has 1 aliphatic heterocycles. The number of nitriles is 1. The van der Waals surface area contributed by atoms with Gasteiger partial charge in [-0.1, -0.05) is 30.0 Å². The smallest absolute Gasteiger partial charge is 0.235 e. The number of thioether (sulfide) groups is 1. The van der Waals surface area contributed by atoms with Crippen LogP contribution in [-0.4, -0.2) is 43.7 Å². The van der Waals surface area contributed by atoms with E-state index in [1.165, 1.54) is 11.8 Å². The zero-order chi connectivity index (χ0) is 21.8. The number of nitrogens with one attached hydrogen (secondary N) is 1. The summed E-state index contributed by atoms with van der Waals surface area (Å²) in [6.07, 6.45) is 3.75. The number of ether oxygens (including phenoxy) is 1. The van der Waals surface area contributed by atoms with E-state index in [-0.39, 0.29) is 17.8 Å². The first kappa shape index (κ1) is 21.2. The summed E-state index contributed by atoms with van der Waals surface area (Å²) in [5.74, 6) is 0.498. The van der Waals surface area contributed by atoms with Crippen molar-refractivity contribution in [3.05, 3.63) is 53.5 Å². The number of carbonyl (C=O) groups is 1. The van der Waals surface area contributed by atoms with Gasteiger partial charge < -0.3 is 14.6 Å². The number of aromatic nitrogens is 4. The van der Waals surface area contributed by atoms with E-state index in [2.05, 4.69) is 21.6 Å². The lowest BCUT2D eigenvalue weighted by molar-refractivity contribution is -0.113. The van der Waals surface area contributed by atoms with Crippen LogP contribution in [0.5, 0.6) is 0 Å². The number of benzene rings is 1. The maximum absolute atomic E-state index is 12.8. The van der Waals surface area contributed by atoms with E-state index >= 15 is 0 Å². The van der Waals surface area contributed by atoms with Gasteiger partial charge in [0.25, 0.3) is 0 Å². The Bertz CT molecular complexity index is 1110. The number of hydrogen-bond donors (Lipinski definition) is 1. The summed E-state index contributed by atoms with van der Waals surface area (Å²) >= 11 is 1.30. The van der Waals surface area contributed by atoms with Gasteiger partial charge in [-0.05, 0) is 44.4 Å². The molecule has 1 saturated heterocycles. The van der Waals surface area contributed by atoms with Gasteiger partial charge in [0, 0.05) is 18.0 Å². The van der Waals surface area contributed by atoms with Crippen LogP contribution in [0.1, 0.15) is 29.7 Å². The first-order valence-electron chi connectivity index (χ1n) is 10.2. The summed E-state index contributed by atoms with van der Waals surface area (Å²) < 4.78 is 9.61. The Morgan fingerprint density at radius 2 is 2.16 bits per heavy atom. The highest BCUT2D eigenvalue weighted by Crippen LogP contribution is 2.29. The Hall–Kier alpha value is -3.09. The molecular weight excluding hydrogens is 412 g/mol. The van der Waals surface area contributed by atoms with E-state index in [0.717, 1.165) is 36.4 Å². The topological polar surface area (TPSA) is 97.8 Å². The highest BCUT2D eigenvalue weighted by Gasteiger charge is 2.24. The van der Waals surface area contributed by atoms with Gasteiger partial charge in [0.15, 0.2) is 5.16 Å². The Morgan fingerprint density at radius 1 is 1.35 bits per heavy atom. The molecule has 1 aromatic carbocycles. The van der Waals surface area contributed by atoms with E-state index in [4.69, 9.17) is 4.74 Å². The fourth-order valence-electron chi connectivity index (χ4n) is 3.74. The van der Waals surface area contributed by atoms with Crippen LogP contribution in [0.4, 0.5) is 5.82 Å². The Morgan fingerprint density at radius 3 is 2.87 bits per heavy atom. The Labute approximate surface area is 185 Å². The third-order valence-corrected chi connectivity index (χ3v) is 6.44. The summed E-state index contributed by atoms with van der Waals surface area (Å²) in [4.78, 5) is 12.8. The van der Waals surface area contributed by atoms with Gasteiger partial charge in [-0.2, -0.15) is 5.26 Å². The van der Waals surface area contributed by atoms with Crippen LogP contribution in [0, 0.1) is 25.2 Å². The lowest BCUT2D eigenvalue weighted by Crippen LogP contribution is -2.22. The van der Waals surface area contributed by atoms with Crippen LogP contribution in [-0.2, 0) is 16.1 Å². The van der Waals surface area contributed by atoms with Gasteiger partial charge in [0.2, 0.25) is 5.91 Å². The highest BCUT2D eigenvalue weighted by atomic mass is 32.2. The van der Waals surface area contributed by atoms with Crippen molar-refractivity contribution < 1.29 is 9.53 Å². The van der Waals surface area contributed by atoms with Crippen molar-refractivity contribution in [1.82, 2.24) is 19.3 Å². The minimum Gasteiger partial charge on any atom is -0.376 e. The molecule has 4 rings (SSSR count). The van der Waals surface area contributed by atoms with Crippen LogP contribution < -0.4 is 5.32 Å². The van der Waals surface area contributed by atoms with E-state index in [1.807, 2.05) is 53.3 Å². The van der Waals surface area contributed by atoms with E-state index < -0.39 is 0 Å². The monoisotopic (exact) mass is 436 g/mol. The fraction of sp³-hybridized carbons (Fsp3) is 0.364. The second-order valence-corrected chi connectivity index (χ2v) is 8.39. The van der Waals surface area contributed by atoms with Crippen LogP contribution in [0.15, 0.2) is 41.8 Å². The molecule has 1 aliphatic rings. The second kappa shape index (κ2) is 9.37. The van der Waals surface area contributed by atoms with Crippen LogP contribution in [0.2, 0.25) is 0 Å². The van der Waals surface area contributed by atoms with Crippen LogP contribution >= 0.6 is 11.8 Å². The number of anilines is 1. The standard InChI is InChI=1S/C22H24N6O2S/c1-15-16(2)27(12-18-9-6-10-30-18)21(19(15)11-23)25-20(29)13-31-22-26-24-14-28(22)17-7-4-3-5-8-17/h3-5,7-8,14,18H,6,9-10,12-13H2,1-2H3,(H,25,29)/t18-/m0/s1. The minimum atomic E-state index is -0.199. The number of hydrogen-bond acceptors (Lipinski definition) is 6. The summed E-state index contributed by atoms with van der Waals surface area (Å²) in [6.45, 7) is 5.26. The second-order valence-electron chi connectivity index (χ2n) is 7.45. The molecule has 3 aromatic rings. The number of para-hydroxylation sites is 1. The molecule has 1 N–H and O–H groups in total. The molecule has 2 aromatic heterocycles. The summed E-state index contributed by atoms with van der Waals surface area (Å²) in [5.41, 5.74) is 3.28. The summed E-state index contributed by atoms with van der Waals surface area (Å²) in [5, 5.41) is 21.4.